The van der Waals surface area contributed by atoms with Crippen molar-refractivity contribution in [2.45, 2.75) is 32.2 Å². The van der Waals surface area contributed by atoms with Gasteiger partial charge < -0.3 is 19.5 Å². The molecule has 1 N–H and O–H groups in total. The summed E-state index contributed by atoms with van der Waals surface area (Å²) in [6.07, 6.45) is 1.41. The number of carbonyl (C=O) groups is 1. The van der Waals surface area contributed by atoms with Crippen LogP contribution in [0.4, 0.5) is 0 Å². The Morgan fingerprint density at radius 2 is 2.15 bits per heavy atom. The minimum absolute atomic E-state index is 0.219. The van der Waals surface area contributed by atoms with E-state index in [1.165, 1.54) is 0 Å². The summed E-state index contributed by atoms with van der Waals surface area (Å²) < 4.78 is 15.7. The normalized spacial score (nSPS) is 15.8. The summed E-state index contributed by atoms with van der Waals surface area (Å²) in [5.74, 6) is 1.32. The highest BCUT2D eigenvalue weighted by molar-refractivity contribution is 5.80. The number of rotatable bonds is 6. The van der Waals surface area contributed by atoms with Crippen LogP contribution in [0.3, 0.4) is 0 Å². The van der Waals surface area contributed by atoms with Crippen LogP contribution in [-0.4, -0.2) is 32.0 Å². The second-order valence-corrected chi connectivity index (χ2v) is 4.99. The third-order valence-corrected chi connectivity index (χ3v) is 3.63. The molecule has 0 saturated heterocycles. The lowest BCUT2D eigenvalue weighted by Gasteiger charge is -2.26. The molecule has 1 aliphatic heterocycles. The van der Waals surface area contributed by atoms with Crippen LogP contribution >= 0.6 is 0 Å². The van der Waals surface area contributed by atoms with E-state index in [1.807, 2.05) is 32.0 Å². The Bertz CT molecular complexity index is 489. The van der Waals surface area contributed by atoms with Gasteiger partial charge in [0.05, 0.1) is 6.61 Å². The van der Waals surface area contributed by atoms with E-state index in [0.29, 0.717) is 13.0 Å². The molecule has 0 aliphatic carbocycles. The molecule has 1 aliphatic rings. The fourth-order valence-corrected chi connectivity index (χ4v) is 2.11. The lowest BCUT2D eigenvalue weighted by molar-refractivity contribution is -0.150. The van der Waals surface area contributed by atoms with E-state index in [4.69, 9.17) is 14.2 Å². The van der Waals surface area contributed by atoms with Gasteiger partial charge in [-0.25, -0.2) is 0 Å². The first-order valence-electron chi connectivity index (χ1n) is 6.83. The highest BCUT2D eigenvalue weighted by Crippen LogP contribution is 2.33. The van der Waals surface area contributed by atoms with Crippen molar-refractivity contribution in [1.29, 1.82) is 0 Å². The molecule has 1 aromatic rings. The number of esters is 1. The van der Waals surface area contributed by atoms with Crippen molar-refractivity contribution >= 4 is 5.97 Å². The Hall–Kier alpha value is -1.75. The molecule has 1 atom stereocenters. The molecule has 0 amide bonds. The van der Waals surface area contributed by atoms with Crippen molar-refractivity contribution in [1.82, 2.24) is 5.32 Å². The van der Waals surface area contributed by atoms with Gasteiger partial charge in [0, 0.05) is 0 Å². The van der Waals surface area contributed by atoms with Crippen LogP contribution in [0.2, 0.25) is 0 Å². The molecule has 20 heavy (non-hydrogen) atoms. The fourth-order valence-electron chi connectivity index (χ4n) is 2.11. The topological polar surface area (TPSA) is 56.8 Å². The van der Waals surface area contributed by atoms with Gasteiger partial charge in [0.1, 0.15) is 5.54 Å². The summed E-state index contributed by atoms with van der Waals surface area (Å²) in [7, 11) is 1.77. The molecule has 5 nitrogen and oxygen atoms in total. The van der Waals surface area contributed by atoms with Crippen LogP contribution in [0.1, 0.15) is 25.8 Å². The number of fused-ring (bicyclic) bond motifs is 1. The minimum Gasteiger partial charge on any atom is -0.465 e. The van der Waals surface area contributed by atoms with E-state index in [0.717, 1.165) is 23.5 Å². The van der Waals surface area contributed by atoms with Gasteiger partial charge in [0.15, 0.2) is 11.5 Å². The average molecular weight is 279 g/mol. The summed E-state index contributed by atoms with van der Waals surface area (Å²) in [6, 6.07) is 5.86. The van der Waals surface area contributed by atoms with E-state index < -0.39 is 5.54 Å². The van der Waals surface area contributed by atoms with Gasteiger partial charge in [-0.3, -0.25) is 4.79 Å². The Morgan fingerprint density at radius 1 is 1.40 bits per heavy atom. The summed E-state index contributed by atoms with van der Waals surface area (Å²) in [5.41, 5.74) is 0.437. The summed E-state index contributed by atoms with van der Waals surface area (Å²) in [4.78, 5) is 12.0. The van der Waals surface area contributed by atoms with Crippen molar-refractivity contribution in [2.24, 2.45) is 0 Å². The van der Waals surface area contributed by atoms with Crippen LogP contribution in [0.15, 0.2) is 18.2 Å². The number of aryl methyl sites for hydroxylation is 1. The molecule has 5 heteroatoms. The number of ether oxygens (including phenoxy) is 3. The third-order valence-electron chi connectivity index (χ3n) is 3.63. The van der Waals surface area contributed by atoms with E-state index in [2.05, 4.69) is 5.32 Å². The lowest BCUT2D eigenvalue weighted by Crippen LogP contribution is -2.49. The number of likely N-dealkylation sites (N-methyl/N-ethyl adjacent to an activating group) is 1. The Labute approximate surface area is 119 Å². The SMILES string of the molecule is CCOC(=O)C(C)(CCc1ccc2c(c1)OCO2)NC. The largest absolute Gasteiger partial charge is 0.465 e. The van der Waals surface area contributed by atoms with Crippen LogP contribution in [-0.2, 0) is 16.0 Å². The maximum atomic E-state index is 12.0. The van der Waals surface area contributed by atoms with Gasteiger partial charge in [-0.2, -0.15) is 0 Å². The maximum absolute atomic E-state index is 12.0. The van der Waals surface area contributed by atoms with Crippen LogP contribution in [0.5, 0.6) is 11.5 Å². The molecule has 0 spiro atoms. The molecule has 2 rings (SSSR count). The van der Waals surface area contributed by atoms with E-state index in [1.54, 1.807) is 7.05 Å². The quantitative estimate of drug-likeness (QED) is 0.806. The second kappa shape index (κ2) is 6.13. The molecular weight excluding hydrogens is 258 g/mol. The molecule has 0 radical (unpaired) electrons. The monoisotopic (exact) mass is 279 g/mol. The number of benzene rings is 1. The van der Waals surface area contributed by atoms with Gasteiger partial charge >= 0.3 is 5.97 Å². The van der Waals surface area contributed by atoms with E-state index in [9.17, 15) is 4.79 Å². The summed E-state index contributed by atoms with van der Waals surface area (Å²) in [6.45, 7) is 4.33. The van der Waals surface area contributed by atoms with E-state index in [-0.39, 0.29) is 12.8 Å². The Balaban J connectivity index is 2.01. The van der Waals surface area contributed by atoms with Crippen LogP contribution in [0, 0.1) is 0 Å². The van der Waals surface area contributed by atoms with Crippen molar-refractivity contribution in [3.63, 3.8) is 0 Å². The first-order chi connectivity index (χ1) is 9.59. The van der Waals surface area contributed by atoms with Crippen LogP contribution < -0.4 is 14.8 Å². The van der Waals surface area contributed by atoms with Gasteiger partial charge in [0.25, 0.3) is 0 Å². The van der Waals surface area contributed by atoms with Gasteiger partial charge in [-0.15, -0.1) is 0 Å². The first kappa shape index (κ1) is 14.7. The van der Waals surface area contributed by atoms with Gasteiger partial charge in [0.2, 0.25) is 6.79 Å². The summed E-state index contributed by atoms with van der Waals surface area (Å²) >= 11 is 0. The predicted octanol–water partition coefficient (Wildman–Crippen LogP) is 1.89. The molecule has 0 bridgehead atoms. The summed E-state index contributed by atoms with van der Waals surface area (Å²) in [5, 5.41) is 3.06. The smallest absolute Gasteiger partial charge is 0.326 e. The zero-order valence-electron chi connectivity index (χ0n) is 12.2. The average Bonchev–Trinajstić information content (AvgIpc) is 2.92. The molecule has 0 saturated carbocycles. The van der Waals surface area contributed by atoms with Gasteiger partial charge in [-0.05, 0) is 51.4 Å². The number of hydrogen-bond donors (Lipinski definition) is 1. The third kappa shape index (κ3) is 3.04. The number of carbonyl (C=O) groups excluding carboxylic acids is 1. The molecule has 0 fully saturated rings. The Morgan fingerprint density at radius 3 is 2.85 bits per heavy atom. The standard InChI is InChI=1S/C15H21NO4/c1-4-18-14(17)15(2,16-3)8-7-11-5-6-12-13(9-11)20-10-19-12/h5-6,9,16H,4,7-8,10H2,1-3H3. The van der Waals surface area contributed by atoms with Crippen molar-refractivity contribution in [3.8, 4) is 11.5 Å². The molecular formula is C15H21NO4. The molecule has 1 aromatic carbocycles. The molecule has 110 valence electrons. The second-order valence-electron chi connectivity index (χ2n) is 4.99. The minimum atomic E-state index is -0.674. The molecule has 1 unspecified atom stereocenters. The molecule has 0 aromatic heterocycles. The first-order valence-corrected chi connectivity index (χ1v) is 6.83. The van der Waals surface area contributed by atoms with E-state index >= 15 is 0 Å². The van der Waals surface area contributed by atoms with Crippen molar-refractivity contribution in [2.75, 3.05) is 20.4 Å². The zero-order chi connectivity index (χ0) is 14.6. The predicted molar refractivity (Wildman–Crippen MR) is 75.0 cm³/mol. The van der Waals surface area contributed by atoms with Crippen molar-refractivity contribution in [3.05, 3.63) is 23.8 Å². The number of hydrogen-bond acceptors (Lipinski definition) is 5. The maximum Gasteiger partial charge on any atom is 0.326 e. The fraction of sp³-hybridized carbons (Fsp3) is 0.533. The lowest BCUT2D eigenvalue weighted by atomic mass is 9.93. The highest BCUT2D eigenvalue weighted by Gasteiger charge is 2.32. The molecule has 1 heterocycles. The van der Waals surface area contributed by atoms with Crippen molar-refractivity contribution < 1.29 is 19.0 Å². The van der Waals surface area contributed by atoms with Crippen LogP contribution in [0.25, 0.3) is 0 Å². The Kier molecular flexibility index (Phi) is 4.49. The number of nitrogens with one attached hydrogen (secondary N) is 1. The highest BCUT2D eigenvalue weighted by atomic mass is 16.7. The van der Waals surface area contributed by atoms with Gasteiger partial charge in [-0.1, -0.05) is 6.07 Å². The zero-order valence-corrected chi connectivity index (χ0v) is 12.2.